The highest BCUT2D eigenvalue weighted by atomic mass is 15.2. The second-order valence-electron chi connectivity index (χ2n) is 6.17. The number of nitrogens with one attached hydrogen (secondary N) is 1. The molecule has 1 aromatic carbocycles. The number of hydrogen-bond donors (Lipinski definition) is 1. The molecule has 1 N–H and O–H groups in total. The van der Waals surface area contributed by atoms with Gasteiger partial charge in [-0.1, -0.05) is 18.2 Å². The maximum absolute atomic E-state index is 3.32. The molecule has 2 rings (SSSR count). The Balaban J connectivity index is 2.24. The number of anilines is 1. The van der Waals surface area contributed by atoms with Crippen LogP contribution in [0.2, 0.25) is 0 Å². The van der Waals surface area contributed by atoms with E-state index in [-0.39, 0.29) is 5.54 Å². The van der Waals surface area contributed by atoms with Gasteiger partial charge in [0.05, 0.1) is 0 Å². The molecule has 2 heteroatoms. The molecule has 0 aromatic heterocycles. The van der Waals surface area contributed by atoms with Gasteiger partial charge in [-0.05, 0) is 64.8 Å². The molecule has 0 spiro atoms. The molecule has 0 bridgehead atoms. The lowest BCUT2D eigenvalue weighted by molar-refractivity contribution is 0.286. The molecule has 1 saturated heterocycles. The zero-order valence-electron chi connectivity index (χ0n) is 12.2. The summed E-state index contributed by atoms with van der Waals surface area (Å²) in [4.78, 5) is 2.60. The Kier molecular flexibility index (Phi) is 3.96. The largest absolute Gasteiger partial charge is 0.366 e. The van der Waals surface area contributed by atoms with Gasteiger partial charge in [0.25, 0.3) is 0 Å². The number of rotatable bonds is 3. The molecular weight excluding hydrogens is 220 g/mol. The minimum Gasteiger partial charge on any atom is -0.366 e. The second kappa shape index (κ2) is 5.31. The van der Waals surface area contributed by atoms with Crippen molar-refractivity contribution in [3.8, 4) is 0 Å². The summed E-state index contributed by atoms with van der Waals surface area (Å²) in [5.41, 5.74) is 3.06. The van der Waals surface area contributed by atoms with Gasteiger partial charge in [0.1, 0.15) is 0 Å². The van der Waals surface area contributed by atoms with Gasteiger partial charge < -0.3 is 10.2 Å². The third kappa shape index (κ3) is 2.69. The zero-order valence-corrected chi connectivity index (χ0v) is 12.2. The molecule has 1 aliphatic heterocycles. The number of para-hydroxylation sites is 1. The fraction of sp³-hybridized carbons (Fsp3) is 0.625. The summed E-state index contributed by atoms with van der Waals surface area (Å²) in [7, 11) is 2.05. The van der Waals surface area contributed by atoms with Crippen LogP contribution in [-0.2, 0) is 0 Å². The molecule has 100 valence electrons. The van der Waals surface area contributed by atoms with Gasteiger partial charge >= 0.3 is 0 Å². The van der Waals surface area contributed by atoms with Crippen LogP contribution in [-0.4, -0.2) is 25.7 Å². The predicted molar refractivity (Wildman–Crippen MR) is 79.3 cm³/mol. The summed E-state index contributed by atoms with van der Waals surface area (Å²) in [6, 6.07) is 8.76. The van der Waals surface area contributed by atoms with Gasteiger partial charge in [-0.25, -0.2) is 0 Å². The first-order chi connectivity index (χ1) is 8.54. The van der Waals surface area contributed by atoms with E-state index >= 15 is 0 Å². The van der Waals surface area contributed by atoms with Crippen LogP contribution in [0, 0.1) is 12.8 Å². The van der Waals surface area contributed by atoms with E-state index in [2.05, 4.69) is 62.3 Å². The van der Waals surface area contributed by atoms with Crippen molar-refractivity contribution in [2.45, 2.75) is 39.2 Å². The SMILES string of the molecule is CNCC1CCC(C)(C)N(c2ccccc2C)C1. The van der Waals surface area contributed by atoms with Gasteiger partial charge in [-0.2, -0.15) is 0 Å². The monoisotopic (exact) mass is 246 g/mol. The van der Waals surface area contributed by atoms with Crippen LogP contribution in [0.5, 0.6) is 0 Å². The van der Waals surface area contributed by atoms with E-state index in [4.69, 9.17) is 0 Å². The van der Waals surface area contributed by atoms with Crippen LogP contribution < -0.4 is 10.2 Å². The van der Waals surface area contributed by atoms with Crippen LogP contribution in [0.3, 0.4) is 0 Å². The van der Waals surface area contributed by atoms with Crippen molar-refractivity contribution in [3.05, 3.63) is 29.8 Å². The molecular formula is C16H26N2. The van der Waals surface area contributed by atoms with Crippen LogP contribution in [0.25, 0.3) is 0 Å². The molecule has 1 unspecified atom stereocenters. The molecule has 2 nitrogen and oxygen atoms in total. The maximum Gasteiger partial charge on any atom is 0.0400 e. The Hall–Kier alpha value is -1.02. The van der Waals surface area contributed by atoms with Crippen molar-refractivity contribution in [2.75, 3.05) is 25.0 Å². The maximum atomic E-state index is 3.32. The standard InChI is InChI=1S/C16H26N2/c1-13-7-5-6-8-15(13)18-12-14(11-17-4)9-10-16(18,2)3/h5-8,14,17H,9-12H2,1-4H3. The zero-order chi connectivity index (χ0) is 13.2. The van der Waals surface area contributed by atoms with E-state index in [1.807, 2.05) is 0 Å². The molecule has 1 aliphatic rings. The summed E-state index contributed by atoms with van der Waals surface area (Å²) < 4.78 is 0. The second-order valence-corrected chi connectivity index (χ2v) is 6.17. The Morgan fingerprint density at radius 3 is 2.72 bits per heavy atom. The van der Waals surface area contributed by atoms with Crippen molar-refractivity contribution >= 4 is 5.69 Å². The summed E-state index contributed by atoms with van der Waals surface area (Å²) in [5, 5.41) is 3.32. The van der Waals surface area contributed by atoms with Crippen LogP contribution in [0.4, 0.5) is 5.69 Å². The molecule has 1 aromatic rings. The van der Waals surface area contributed by atoms with Crippen molar-refractivity contribution < 1.29 is 0 Å². The van der Waals surface area contributed by atoms with E-state index in [1.165, 1.54) is 30.6 Å². The van der Waals surface area contributed by atoms with E-state index in [1.54, 1.807) is 0 Å². The Bertz CT molecular complexity index is 398. The highest BCUT2D eigenvalue weighted by Gasteiger charge is 2.34. The molecule has 0 aliphatic carbocycles. The number of nitrogens with zero attached hydrogens (tertiary/aromatic N) is 1. The molecule has 1 fully saturated rings. The van der Waals surface area contributed by atoms with Crippen LogP contribution in [0.15, 0.2) is 24.3 Å². The normalized spacial score (nSPS) is 23.1. The van der Waals surface area contributed by atoms with Crippen LogP contribution in [0.1, 0.15) is 32.3 Å². The van der Waals surface area contributed by atoms with Gasteiger partial charge in [0.15, 0.2) is 0 Å². The minimum atomic E-state index is 0.274. The summed E-state index contributed by atoms with van der Waals surface area (Å²) >= 11 is 0. The number of benzene rings is 1. The van der Waals surface area contributed by atoms with Gasteiger partial charge in [-0.15, -0.1) is 0 Å². The lowest BCUT2D eigenvalue weighted by atomic mass is 9.84. The summed E-state index contributed by atoms with van der Waals surface area (Å²) in [5.74, 6) is 0.766. The minimum absolute atomic E-state index is 0.274. The Labute approximate surface area is 111 Å². The number of aryl methyl sites for hydroxylation is 1. The van der Waals surface area contributed by atoms with E-state index in [0.717, 1.165) is 12.5 Å². The molecule has 1 heterocycles. The highest BCUT2D eigenvalue weighted by molar-refractivity contribution is 5.55. The van der Waals surface area contributed by atoms with E-state index < -0.39 is 0 Å². The van der Waals surface area contributed by atoms with Crippen molar-refractivity contribution in [2.24, 2.45) is 5.92 Å². The fourth-order valence-electron chi connectivity index (χ4n) is 3.03. The average Bonchev–Trinajstić information content (AvgIpc) is 2.33. The smallest absolute Gasteiger partial charge is 0.0400 e. The van der Waals surface area contributed by atoms with Crippen molar-refractivity contribution in [1.29, 1.82) is 0 Å². The fourth-order valence-corrected chi connectivity index (χ4v) is 3.03. The van der Waals surface area contributed by atoms with E-state index in [9.17, 15) is 0 Å². The first kappa shape index (κ1) is 13.4. The Morgan fingerprint density at radius 1 is 1.33 bits per heavy atom. The summed E-state index contributed by atoms with van der Waals surface area (Å²) in [6.45, 7) is 9.24. The molecule has 0 saturated carbocycles. The highest BCUT2D eigenvalue weighted by Crippen LogP contribution is 2.36. The quantitative estimate of drug-likeness (QED) is 0.881. The van der Waals surface area contributed by atoms with Crippen molar-refractivity contribution in [3.63, 3.8) is 0 Å². The first-order valence-electron chi connectivity index (χ1n) is 7.02. The first-order valence-corrected chi connectivity index (χ1v) is 7.02. The summed E-state index contributed by atoms with van der Waals surface area (Å²) in [6.07, 6.45) is 2.60. The van der Waals surface area contributed by atoms with Crippen LogP contribution >= 0.6 is 0 Å². The Morgan fingerprint density at radius 2 is 2.06 bits per heavy atom. The molecule has 18 heavy (non-hydrogen) atoms. The number of piperidine rings is 1. The lowest BCUT2D eigenvalue weighted by Gasteiger charge is -2.47. The van der Waals surface area contributed by atoms with Gasteiger partial charge in [0, 0.05) is 17.8 Å². The third-order valence-electron chi connectivity index (χ3n) is 4.23. The van der Waals surface area contributed by atoms with E-state index in [0.29, 0.717) is 0 Å². The van der Waals surface area contributed by atoms with Gasteiger partial charge in [-0.3, -0.25) is 0 Å². The molecule has 0 amide bonds. The third-order valence-corrected chi connectivity index (χ3v) is 4.23. The average molecular weight is 246 g/mol. The van der Waals surface area contributed by atoms with Gasteiger partial charge in [0.2, 0.25) is 0 Å². The predicted octanol–water partition coefficient (Wildman–Crippen LogP) is 3.21. The molecule has 1 atom stereocenters. The lowest BCUT2D eigenvalue weighted by Crippen LogP contribution is -2.52. The van der Waals surface area contributed by atoms with Crippen molar-refractivity contribution in [1.82, 2.24) is 5.32 Å². The number of hydrogen-bond acceptors (Lipinski definition) is 2. The topological polar surface area (TPSA) is 15.3 Å². The molecule has 0 radical (unpaired) electrons.